The summed E-state index contributed by atoms with van der Waals surface area (Å²) in [7, 11) is 3.76. The highest BCUT2D eigenvalue weighted by Crippen LogP contribution is 2.19. The molecule has 0 aliphatic carbocycles. The van der Waals surface area contributed by atoms with Crippen LogP contribution in [0.5, 0.6) is 0 Å². The molecule has 16 heavy (non-hydrogen) atoms. The molecule has 4 heteroatoms. The van der Waals surface area contributed by atoms with Gasteiger partial charge in [0.2, 0.25) is 5.91 Å². The Bertz CT molecular complexity index is 353. The predicted molar refractivity (Wildman–Crippen MR) is 70.8 cm³/mol. The highest BCUT2D eigenvalue weighted by Gasteiger charge is 2.06. The molecule has 0 bridgehead atoms. The number of thioether (sulfide) groups is 1. The minimum Gasteiger partial charge on any atom is -0.325 e. The first-order valence-corrected chi connectivity index (χ1v) is 6.54. The lowest BCUT2D eigenvalue weighted by Crippen LogP contribution is -2.27. The summed E-state index contributed by atoms with van der Waals surface area (Å²) in [5.74, 6) is 0.942. The standard InChI is InChI=1S/C12H18N2OS/c1-14(2)8-12(15)13-11-7-5-4-6-10(11)9-16-3/h4-7H,8-9H2,1-3H3,(H,13,15). The van der Waals surface area contributed by atoms with Crippen molar-refractivity contribution in [2.45, 2.75) is 5.75 Å². The fourth-order valence-electron chi connectivity index (χ4n) is 1.40. The average Bonchev–Trinajstić information content (AvgIpc) is 2.20. The number of nitrogens with one attached hydrogen (secondary N) is 1. The van der Waals surface area contributed by atoms with Gasteiger partial charge in [-0.25, -0.2) is 0 Å². The van der Waals surface area contributed by atoms with Crippen molar-refractivity contribution in [3.8, 4) is 0 Å². The second kappa shape index (κ2) is 6.55. The van der Waals surface area contributed by atoms with Gasteiger partial charge in [-0.3, -0.25) is 4.79 Å². The van der Waals surface area contributed by atoms with Gasteiger partial charge in [0.15, 0.2) is 0 Å². The van der Waals surface area contributed by atoms with Crippen molar-refractivity contribution in [1.82, 2.24) is 4.90 Å². The highest BCUT2D eigenvalue weighted by atomic mass is 32.2. The first-order valence-electron chi connectivity index (χ1n) is 5.15. The number of likely N-dealkylation sites (N-methyl/N-ethyl adjacent to an activating group) is 1. The maximum atomic E-state index is 11.6. The molecule has 0 heterocycles. The van der Waals surface area contributed by atoms with E-state index in [2.05, 4.69) is 11.6 Å². The SMILES string of the molecule is CSCc1ccccc1NC(=O)CN(C)C. The van der Waals surface area contributed by atoms with Crippen molar-refractivity contribution in [3.63, 3.8) is 0 Å². The second-order valence-corrected chi connectivity index (χ2v) is 4.74. The van der Waals surface area contributed by atoms with Crippen LogP contribution < -0.4 is 5.32 Å². The van der Waals surface area contributed by atoms with Crippen LogP contribution in [0.15, 0.2) is 24.3 Å². The number of carbonyl (C=O) groups excluding carboxylic acids is 1. The molecule has 0 saturated carbocycles. The molecule has 0 saturated heterocycles. The van der Waals surface area contributed by atoms with Gasteiger partial charge in [0, 0.05) is 11.4 Å². The van der Waals surface area contributed by atoms with Crippen LogP contribution in [0.25, 0.3) is 0 Å². The van der Waals surface area contributed by atoms with E-state index in [-0.39, 0.29) is 5.91 Å². The van der Waals surface area contributed by atoms with Crippen LogP contribution >= 0.6 is 11.8 Å². The molecule has 0 unspecified atom stereocenters. The Balaban J connectivity index is 2.68. The van der Waals surface area contributed by atoms with Gasteiger partial charge in [-0.15, -0.1) is 0 Å². The van der Waals surface area contributed by atoms with Crippen molar-refractivity contribution in [2.75, 3.05) is 32.2 Å². The molecule has 1 aromatic carbocycles. The Hall–Kier alpha value is -1.00. The van der Waals surface area contributed by atoms with Crippen molar-refractivity contribution < 1.29 is 4.79 Å². The largest absolute Gasteiger partial charge is 0.325 e. The number of hydrogen-bond donors (Lipinski definition) is 1. The molecule has 0 aliphatic rings. The number of carbonyl (C=O) groups is 1. The zero-order valence-corrected chi connectivity index (χ0v) is 10.8. The third-order valence-corrected chi connectivity index (χ3v) is 2.65. The van der Waals surface area contributed by atoms with E-state index in [1.54, 1.807) is 11.8 Å². The van der Waals surface area contributed by atoms with Crippen LogP contribution in [-0.4, -0.2) is 37.7 Å². The number of rotatable bonds is 5. The van der Waals surface area contributed by atoms with Gasteiger partial charge >= 0.3 is 0 Å². The monoisotopic (exact) mass is 238 g/mol. The summed E-state index contributed by atoms with van der Waals surface area (Å²) in [5.41, 5.74) is 2.09. The van der Waals surface area contributed by atoms with Crippen molar-refractivity contribution in [3.05, 3.63) is 29.8 Å². The van der Waals surface area contributed by atoms with Gasteiger partial charge in [0.1, 0.15) is 0 Å². The van der Waals surface area contributed by atoms with Gasteiger partial charge in [-0.1, -0.05) is 18.2 Å². The lowest BCUT2D eigenvalue weighted by Gasteiger charge is -2.12. The van der Waals surface area contributed by atoms with Crippen LogP contribution in [-0.2, 0) is 10.5 Å². The summed E-state index contributed by atoms with van der Waals surface area (Å²) in [6.07, 6.45) is 2.05. The number of para-hydroxylation sites is 1. The van der Waals surface area contributed by atoms with Gasteiger partial charge < -0.3 is 10.2 Å². The summed E-state index contributed by atoms with van der Waals surface area (Å²) in [6, 6.07) is 7.92. The molecule has 0 fully saturated rings. The summed E-state index contributed by atoms with van der Waals surface area (Å²) >= 11 is 1.75. The minimum atomic E-state index is 0.0264. The summed E-state index contributed by atoms with van der Waals surface area (Å²) < 4.78 is 0. The van der Waals surface area contributed by atoms with E-state index in [1.807, 2.05) is 43.3 Å². The van der Waals surface area contributed by atoms with Crippen molar-refractivity contribution in [2.24, 2.45) is 0 Å². The van der Waals surface area contributed by atoms with Crippen LogP contribution in [0, 0.1) is 0 Å². The van der Waals surface area contributed by atoms with Gasteiger partial charge in [0.25, 0.3) is 0 Å². The molecule has 0 aliphatic heterocycles. The van der Waals surface area contributed by atoms with Gasteiger partial charge in [0.05, 0.1) is 6.54 Å². The van der Waals surface area contributed by atoms with Crippen LogP contribution in [0.4, 0.5) is 5.69 Å². The molecule has 1 rings (SSSR count). The first-order chi connectivity index (χ1) is 7.63. The summed E-state index contributed by atoms with van der Waals surface area (Å²) in [5, 5.41) is 2.93. The first kappa shape index (κ1) is 13.1. The summed E-state index contributed by atoms with van der Waals surface area (Å²) in [6.45, 7) is 0.410. The van der Waals surface area contributed by atoms with E-state index < -0.39 is 0 Å². The Morgan fingerprint density at radius 2 is 2.06 bits per heavy atom. The third-order valence-electron chi connectivity index (χ3n) is 2.05. The molecular weight excluding hydrogens is 220 g/mol. The van der Waals surface area contributed by atoms with Crippen LogP contribution in [0.2, 0.25) is 0 Å². The molecule has 0 spiro atoms. The topological polar surface area (TPSA) is 32.3 Å². The van der Waals surface area contributed by atoms with E-state index in [0.717, 1.165) is 11.4 Å². The molecule has 1 amide bonds. The normalized spacial score (nSPS) is 10.5. The number of anilines is 1. The molecule has 0 atom stereocenters. The molecular formula is C12H18N2OS. The Kier molecular flexibility index (Phi) is 5.35. The molecule has 1 aromatic rings. The molecule has 0 aromatic heterocycles. The lowest BCUT2D eigenvalue weighted by atomic mass is 10.2. The molecule has 0 radical (unpaired) electrons. The van der Waals surface area contributed by atoms with Crippen LogP contribution in [0.1, 0.15) is 5.56 Å². The zero-order chi connectivity index (χ0) is 12.0. The zero-order valence-electron chi connectivity index (χ0n) is 9.99. The second-order valence-electron chi connectivity index (χ2n) is 3.88. The van der Waals surface area contributed by atoms with E-state index in [4.69, 9.17) is 0 Å². The van der Waals surface area contributed by atoms with Crippen molar-refractivity contribution in [1.29, 1.82) is 0 Å². The fraction of sp³-hybridized carbons (Fsp3) is 0.417. The van der Waals surface area contributed by atoms with E-state index in [1.165, 1.54) is 5.56 Å². The quantitative estimate of drug-likeness (QED) is 0.852. The number of amides is 1. The smallest absolute Gasteiger partial charge is 0.238 e. The Morgan fingerprint density at radius 3 is 2.69 bits per heavy atom. The highest BCUT2D eigenvalue weighted by molar-refractivity contribution is 7.97. The van der Waals surface area contributed by atoms with Crippen molar-refractivity contribution >= 4 is 23.4 Å². The number of nitrogens with zero attached hydrogens (tertiary/aromatic N) is 1. The average molecular weight is 238 g/mol. The maximum absolute atomic E-state index is 11.6. The maximum Gasteiger partial charge on any atom is 0.238 e. The lowest BCUT2D eigenvalue weighted by molar-refractivity contribution is -0.116. The Morgan fingerprint density at radius 1 is 1.38 bits per heavy atom. The number of benzene rings is 1. The fourth-order valence-corrected chi connectivity index (χ4v) is 1.96. The third kappa shape index (κ3) is 4.24. The van der Waals surface area contributed by atoms with Gasteiger partial charge in [-0.2, -0.15) is 11.8 Å². The van der Waals surface area contributed by atoms with E-state index in [0.29, 0.717) is 6.54 Å². The Labute approximate surface area is 101 Å². The molecule has 3 nitrogen and oxygen atoms in total. The molecule has 88 valence electrons. The predicted octanol–water partition coefficient (Wildman–Crippen LogP) is 2.05. The van der Waals surface area contributed by atoms with Gasteiger partial charge in [-0.05, 0) is 32.0 Å². The van der Waals surface area contributed by atoms with E-state index in [9.17, 15) is 4.79 Å². The molecule has 1 N–H and O–H groups in total. The minimum absolute atomic E-state index is 0.0264. The van der Waals surface area contributed by atoms with Crippen LogP contribution in [0.3, 0.4) is 0 Å². The van der Waals surface area contributed by atoms with E-state index >= 15 is 0 Å². The number of hydrogen-bond acceptors (Lipinski definition) is 3. The summed E-state index contributed by atoms with van der Waals surface area (Å²) in [4.78, 5) is 13.5.